The molecule has 1 heterocycles. The van der Waals surface area contributed by atoms with Crippen molar-refractivity contribution >= 4 is 15.9 Å². The molecule has 0 aliphatic rings. The van der Waals surface area contributed by atoms with Crippen LogP contribution in [-0.2, 0) is 13.0 Å². The first kappa shape index (κ1) is 16.8. The van der Waals surface area contributed by atoms with Gasteiger partial charge >= 0.3 is 0 Å². The first-order chi connectivity index (χ1) is 10.7. The first-order valence-corrected chi connectivity index (χ1v) is 8.13. The number of rotatable bonds is 8. The molecule has 2 aromatic rings. The molecule has 0 radical (unpaired) electrons. The molecule has 0 atom stereocenters. The number of pyridine rings is 1. The zero-order valence-corrected chi connectivity index (χ0v) is 14.5. The zero-order valence-electron chi connectivity index (χ0n) is 12.9. The molecule has 118 valence electrons. The molecule has 1 N–H and O–H groups in total. The molecule has 0 fully saturated rings. The predicted octanol–water partition coefficient (Wildman–Crippen LogP) is 3.58. The number of hydrogen-bond acceptors (Lipinski definition) is 4. The van der Waals surface area contributed by atoms with Crippen LogP contribution in [0.3, 0.4) is 0 Å². The summed E-state index contributed by atoms with van der Waals surface area (Å²) in [5, 5.41) is 3.42. The maximum atomic E-state index is 5.60. The van der Waals surface area contributed by atoms with E-state index in [0.717, 1.165) is 46.7 Å². The molecule has 2 rings (SSSR count). The van der Waals surface area contributed by atoms with Gasteiger partial charge in [0.1, 0.15) is 0 Å². The Morgan fingerprint density at radius 3 is 2.82 bits per heavy atom. The SMILES string of the molecule is CCOc1c(Br)cc(CNCCc2ccccn2)cc1OC. The Balaban J connectivity index is 1.91. The summed E-state index contributed by atoms with van der Waals surface area (Å²) in [6.45, 7) is 4.22. The van der Waals surface area contributed by atoms with E-state index in [1.54, 1.807) is 7.11 Å². The van der Waals surface area contributed by atoms with Crippen LogP contribution >= 0.6 is 15.9 Å². The van der Waals surface area contributed by atoms with Crippen molar-refractivity contribution in [1.29, 1.82) is 0 Å². The number of methoxy groups -OCH3 is 1. The third-order valence-corrected chi connectivity index (χ3v) is 3.78. The fourth-order valence-corrected chi connectivity index (χ4v) is 2.76. The summed E-state index contributed by atoms with van der Waals surface area (Å²) in [5.74, 6) is 1.50. The van der Waals surface area contributed by atoms with Gasteiger partial charge in [0.15, 0.2) is 11.5 Å². The molecule has 22 heavy (non-hydrogen) atoms. The third kappa shape index (κ3) is 4.71. The fraction of sp³-hybridized carbons (Fsp3) is 0.353. The van der Waals surface area contributed by atoms with Crippen molar-refractivity contribution in [1.82, 2.24) is 10.3 Å². The van der Waals surface area contributed by atoms with Crippen LogP contribution < -0.4 is 14.8 Å². The molecular weight excluding hydrogens is 344 g/mol. The fourth-order valence-electron chi connectivity index (χ4n) is 2.15. The van der Waals surface area contributed by atoms with Crippen molar-refractivity contribution in [2.75, 3.05) is 20.3 Å². The van der Waals surface area contributed by atoms with E-state index in [0.29, 0.717) is 6.61 Å². The second-order valence-corrected chi connectivity index (χ2v) is 5.64. The van der Waals surface area contributed by atoms with Crippen LogP contribution in [0.4, 0.5) is 0 Å². The predicted molar refractivity (Wildman–Crippen MR) is 91.5 cm³/mol. The maximum absolute atomic E-state index is 5.60. The molecule has 1 aromatic heterocycles. The van der Waals surface area contributed by atoms with Gasteiger partial charge in [0.2, 0.25) is 0 Å². The molecular formula is C17H21BrN2O2. The summed E-state index contributed by atoms with van der Waals surface area (Å²) in [4.78, 5) is 4.31. The minimum Gasteiger partial charge on any atom is -0.493 e. The summed E-state index contributed by atoms with van der Waals surface area (Å²) in [7, 11) is 1.66. The van der Waals surface area contributed by atoms with Crippen LogP contribution in [0.15, 0.2) is 41.0 Å². The normalized spacial score (nSPS) is 10.5. The molecule has 0 amide bonds. The first-order valence-electron chi connectivity index (χ1n) is 7.34. The molecule has 0 spiro atoms. The van der Waals surface area contributed by atoms with Crippen molar-refractivity contribution in [3.05, 3.63) is 52.3 Å². The van der Waals surface area contributed by atoms with Crippen LogP contribution in [0, 0.1) is 0 Å². The van der Waals surface area contributed by atoms with E-state index < -0.39 is 0 Å². The van der Waals surface area contributed by atoms with Gasteiger partial charge in [0.05, 0.1) is 18.2 Å². The Labute approximate surface area is 140 Å². The van der Waals surface area contributed by atoms with Gasteiger partial charge in [-0.25, -0.2) is 0 Å². The van der Waals surface area contributed by atoms with Crippen molar-refractivity contribution in [2.24, 2.45) is 0 Å². The number of benzene rings is 1. The number of nitrogens with one attached hydrogen (secondary N) is 1. The summed E-state index contributed by atoms with van der Waals surface area (Å²) in [6.07, 6.45) is 2.74. The maximum Gasteiger partial charge on any atom is 0.175 e. The number of nitrogens with zero attached hydrogens (tertiary/aromatic N) is 1. The topological polar surface area (TPSA) is 43.4 Å². The van der Waals surface area contributed by atoms with Crippen LogP contribution in [0.2, 0.25) is 0 Å². The van der Waals surface area contributed by atoms with E-state index in [2.05, 4.69) is 32.3 Å². The quantitative estimate of drug-likeness (QED) is 0.727. The van der Waals surface area contributed by atoms with Crippen molar-refractivity contribution < 1.29 is 9.47 Å². The molecule has 0 bridgehead atoms. The van der Waals surface area contributed by atoms with Crippen LogP contribution in [0.1, 0.15) is 18.2 Å². The summed E-state index contributed by atoms with van der Waals surface area (Å²) >= 11 is 3.54. The highest BCUT2D eigenvalue weighted by Gasteiger charge is 2.11. The van der Waals surface area contributed by atoms with E-state index in [1.807, 2.05) is 37.4 Å². The molecule has 5 heteroatoms. The van der Waals surface area contributed by atoms with Crippen molar-refractivity contribution in [3.63, 3.8) is 0 Å². The van der Waals surface area contributed by atoms with Gasteiger partial charge in [0, 0.05) is 31.4 Å². The molecule has 4 nitrogen and oxygen atoms in total. The lowest BCUT2D eigenvalue weighted by atomic mass is 10.2. The van der Waals surface area contributed by atoms with Gasteiger partial charge in [-0.3, -0.25) is 4.98 Å². The van der Waals surface area contributed by atoms with Gasteiger partial charge in [-0.1, -0.05) is 6.07 Å². The average Bonchev–Trinajstić information content (AvgIpc) is 2.55. The molecule has 0 aliphatic heterocycles. The second-order valence-electron chi connectivity index (χ2n) is 4.79. The van der Waals surface area contributed by atoms with Crippen molar-refractivity contribution in [2.45, 2.75) is 19.9 Å². The van der Waals surface area contributed by atoms with Crippen LogP contribution in [0.25, 0.3) is 0 Å². The lowest BCUT2D eigenvalue weighted by molar-refractivity contribution is 0.308. The zero-order chi connectivity index (χ0) is 15.8. The monoisotopic (exact) mass is 364 g/mol. The van der Waals surface area contributed by atoms with Gasteiger partial charge in [-0.05, 0) is 52.7 Å². The third-order valence-electron chi connectivity index (χ3n) is 3.19. The minimum atomic E-state index is 0.608. The molecule has 0 aliphatic carbocycles. The smallest absolute Gasteiger partial charge is 0.175 e. The number of ether oxygens (including phenoxy) is 2. The highest BCUT2D eigenvalue weighted by molar-refractivity contribution is 9.10. The Morgan fingerprint density at radius 2 is 2.14 bits per heavy atom. The van der Waals surface area contributed by atoms with E-state index in [4.69, 9.17) is 9.47 Å². The Bertz CT molecular complexity index is 591. The number of hydrogen-bond donors (Lipinski definition) is 1. The van der Waals surface area contributed by atoms with E-state index in [-0.39, 0.29) is 0 Å². The van der Waals surface area contributed by atoms with Gasteiger partial charge in [-0.2, -0.15) is 0 Å². The average molecular weight is 365 g/mol. The second kappa shape index (κ2) is 8.76. The van der Waals surface area contributed by atoms with Crippen LogP contribution in [0.5, 0.6) is 11.5 Å². The van der Waals surface area contributed by atoms with Crippen LogP contribution in [-0.4, -0.2) is 25.2 Å². The summed E-state index contributed by atoms with van der Waals surface area (Å²) in [5.41, 5.74) is 2.24. The molecule has 0 saturated heterocycles. The number of halogens is 1. The highest BCUT2D eigenvalue weighted by Crippen LogP contribution is 2.36. The summed E-state index contributed by atoms with van der Waals surface area (Å²) < 4.78 is 11.9. The highest BCUT2D eigenvalue weighted by atomic mass is 79.9. The number of aromatic nitrogens is 1. The molecule has 0 saturated carbocycles. The van der Waals surface area contributed by atoms with E-state index in [9.17, 15) is 0 Å². The summed E-state index contributed by atoms with van der Waals surface area (Å²) in [6, 6.07) is 10.0. The van der Waals surface area contributed by atoms with E-state index in [1.165, 1.54) is 0 Å². The Hall–Kier alpha value is -1.59. The minimum absolute atomic E-state index is 0.608. The largest absolute Gasteiger partial charge is 0.493 e. The van der Waals surface area contributed by atoms with Gasteiger partial charge in [0.25, 0.3) is 0 Å². The molecule has 0 unspecified atom stereocenters. The lowest BCUT2D eigenvalue weighted by Crippen LogP contribution is -2.17. The molecule has 1 aromatic carbocycles. The Morgan fingerprint density at radius 1 is 1.27 bits per heavy atom. The van der Waals surface area contributed by atoms with Gasteiger partial charge in [-0.15, -0.1) is 0 Å². The van der Waals surface area contributed by atoms with Gasteiger partial charge < -0.3 is 14.8 Å². The van der Waals surface area contributed by atoms with Crippen molar-refractivity contribution in [3.8, 4) is 11.5 Å². The standard InChI is InChI=1S/C17H21BrN2O2/c1-3-22-17-15(18)10-13(11-16(17)21-2)12-19-9-7-14-6-4-5-8-20-14/h4-6,8,10-11,19H,3,7,9,12H2,1-2H3. The van der Waals surface area contributed by atoms with E-state index >= 15 is 0 Å². The lowest BCUT2D eigenvalue weighted by Gasteiger charge is -2.13. The Kier molecular flexibility index (Phi) is 6.68.